The number of H-pyrrole nitrogens is 1. The molecule has 0 spiro atoms. The predicted molar refractivity (Wildman–Crippen MR) is 86.1 cm³/mol. The monoisotopic (exact) mass is 339 g/mol. The molecule has 0 amide bonds. The van der Waals surface area contributed by atoms with Crippen LogP contribution in [0.2, 0.25) is 10.0 Å². The van der Waals surface area contributed by atoms with E-state index in [1.54, 1.807) is 25.1 Å². The number of aromatic amines is 1. The van der Waals surface area contributed by atoms with Gasteiger partial charge in [0.25, 0.3) is 0 Å². The zero-order valence-electron chi connectivity index (χ0n) is 12.4. The molecule has 1 heterocycles. The maximum atomic E-state index is 12.0. The summed E-state index contributed by atoms with van der Waals surface area (Å²) in [6.45, 7) is 3.16. The van der Waals surface area contributed by atoms with Gasteiger partial charge >= 0.3 is 5.97 Å². The standard InChI is InChI=1S/C16H15Cl2NO3/c1-8-14(16(21)22-3)12(15(19-8)9(2)20)7-10-6-11(17)4-5-13(10)18/h4-6,19H,7H2,1-3H3. The molecule has 0 aliphatic heterocycles. The molecule has 1 N–H and O–H groups in total. The number of hydrogen-bond acceptors (Lipinski definition) is 3. The van der Waals surface area contributed by atoms with E-state index in [4.69, 9.17) is 27.9 Å². The van der Waals surface area contributed by atoms with Crippen LogP contribution in [0.1, 0.15) is 44.6 Å². The summed E-state index contributed by atoms with van der Waals surface area (Å²) in [5.41, 5.74) is 2.64. The highest BCUT2D eigenvalue weighted by Crippen LogP contribution is 2.28. The Labute approximate surface area is 138 Å². The molecule has 0 saturated heterocycles. The van der Waals surface area contributed by atoms with Gasteiger partial charge in [0.05, 0.1) is 18.4 Å². The molecular formula is C16H15Cl2NO3. The molecule has 0 bridgehead atoms. The Morgan fingerprint density at radius 1 is 1.27 bits per heavy atom. The van der Waals surface area contributed by atoms with Crippen LogP contribution in [0.3, 0.4) is 0 Å². The largest absolute Gasteiger partial charge is 0.465 e. The fourth-order valence-corrected chi connectivity index (χ4v) is 2.78. The summed E-state index contributed by atoms with van der Waals surface area (Å²) < 4.78 is 4.81. The van der Waals surface area contributed by atoms with Crippen molar-refractivity contribution in [2.24, 2.45) is 0 Å². The predicted octanol–water partition coefficient (Wildman–Crippen LogP) is 4.21. The van der Waals surface area contributed by atoms with Crippen LogP contribution < -0.4 is 0 Å². The highest BCUT2D eigenvalue weighted by atomic mass is 35.5. The van der Waals surface area contributed by atoms with Gasteiger partial charge < -0.3 is 9.72 Å². The molecule has 0 unspecified atom stereocenters. The highest BCUT2D eigenvalue weighted by molar-refractivity contribution is 6.33. The summed E-state index contributed by atoms with van der Waals surface area (Å²) in [4.78, 5) is 26.8. The maximum absolute atomic E-state index is 12.0. The van der Waals surface area contributed by atoms with Crippen molar-refractivity contribution in [1.29, 1.82) is 0 Å². The molecular weight excluding hydrogens is 325 g/mol. The van der Waals surface area contributed by atoms with Gasteiger partial charge in [0.1, 0.15) is 0 Å². The van der Waals surface area contributed by atoms with Gasteiger partial charge in [-0.2, -0.15) is 0 Å². The van der Waals surface area contributed by atoms with Crippen LogP contribution in [0, 0.1) is 6.92 Å². The second-order valence-corrected chi connectivity index (χ2v) is 5.78. The number of aromatic nitrogens is 1. The number of rotatable bonds is 4. The van der Waals surface area contributed by atoms with E-state index in [1.807, 2.05) is 0 Å². The molecule has 0 aliphatic carbocycles. The lowest BCUT2D eigenvalue weighted by Gasteiger charge is -2.08. The van der Waals surface area contributed by atoms with E-state index in [2.05, 4.69) is 4.98 Å². The van der Waals surface area contributed by atoms with Crippen LogP contribution in [0.15, 0.2) is 18.2 Å². The SMILES string of the molecule is COC(=O)c1c(C)[nH]c(C(C)=O)c1Cc1cc(Cl)ccc1Cl. The van der Waals surface area contributed by atoms with Crippen LogP contribution >= 0.6 is 23.2 Å². The lowest BCUT2D eigenvalue weighted by Crippen LogP contribution is -2.08. The first-order chi connectivity index (χ1) is 10.3. The minimum Gasteiger partial charge on any atom is -0.465 e. The van der Waals surface area contributed by atoms with Crippen molar-refractivity contribution in [2.75, 3.05) is 7.11 Å². The molecule has 116 valence electrons. The van der Waals surface area contributed by atoms with Crippen molar-refractivity contribution in [2.45, 2.75) is 20.3 Å². The molecule has 6 heteroatoms. The van der Waals surface area contributed by atoms with Crippen molar-refractivity contribution in [3.63, 3.8) is 0 Å². The van der Waals surface area contributed by atoms with E-state index < -0.39 is 5.97 Å². The molecule has 2 aromatic rings. The van der Waals surface area contributed by atoms with E-state index in [1.165, 1.54) is 14.0 Å². The van der Waals surface area contributed by atoms with Crippen LogP contribution in [-0.2, 0) is 11.2 Å². The number of hydrogen-bond donors (Lipinski definition) is 1. The van der Waals surface area contributed by atoms with Crippen molar-refractivity contribution in [1.82, 2.24) is 4.98 Å². The number of ketones is 1. The van der Waals surface area contributed by atoms with E-state index >= 15 is 0 Å². The van der Waals surface area contributed by atoms with E-state index in [0.717, 1.165) is 5.56 Å². The van der Waals surface area contributed by atoms with Crippen molar-refractivity contribution >= 4 is 35.0 Å². The highest BCUT2D eigenvalue weighted by Gasteiger charge is 2.24. The fraction of sp³-hybridized carbons (Fsp3) is 0.250. The van der Waals surface area contributed by atoms with Gasteiger partial charge in [-0.05, 0) is 36.2 Å². The molecule has 1 aromatic carbocycles. The average molecular weight is 340 g/mol. The van der Waals surface area contributed by atoms with Gasteiger partial charge in [0.2, 0.25) is 0 Å². The molecule has 4 nitrogen and oxygen atoms in total. The molecule has 0 aliphatic rings. The van der Waals surface area contributed by atoms with Gasteiger partial charge in [-0.25, -0.2) is 4.79 Å². The zero-order valence-corrected chi connectivity index (χ0v) is 13.9. The summed E-state index contributed by atoms with van der Waals surface area (Å²) in [6.07, 6.45) is 0.309. The Kier molecular flexibility index (Phi) is 4.94. The number of nitrogens with one attached hydrogen (secondary N) is 1. The van der Waals surface area contributed by atoms with Crippen LogP contribution in [0.4, 0.5) is 0 Å². The summed E-state index contributed by atoms with van der Waals surface area (Å²) in [5.74, 6) is -0.652. The molecule has 0 fully saturated rings. The smallest absolute Gasteiger partial charge is 0.339 e. The van der Waals surface area contributed by atoms with E-state index in [-0.39, 0.29) is 5.78 Å². The topological polar surface area (TPSA) is 59.2 Å². The molecule has 0 saturated carbocycles. The second kappa shape index (κ2) is 6.55. The first-order valence-electron chi connectivity index (χ1n) is 6.59. The average Bonchev–Trinajstić information content (AvgIpc) is 2.79. The summed E-state index contributed by atoms with van der Waals surface area (Å²) in [7, 11) is 1.30. The summed E-state index contributed by atoms with van der Waals surface area (Å²) >= 11 is 12.2. The number of Topliss-reactive ketones (excluding diaryl/α,β-unsaturated/α-hetero) is 1. The van der Waals surface area contributed by atoms with Crippen LogP contribution in [0.25, 0.3) is 0 Å². The van der Waals surface area contributed by atoms with Crippen molar-refractivity contribution < 1.29 is 14.3 Å². The van der Waals surface area contributed by atoms with Gasteiger partial charge in [0.15, 0.2) is 5.78 Å². The Bertz CT molecular complexity index is 750. The molecule has 0 radical (unpaired) electrons. The Balaban J connectivity index is 2.59. The number of carbonyl (C=O) groups excluding carboxylic acids is 2. The summed E-state index contributed by atoms with van der Waals surface area (Å²) in [6, 6.07) is 5.09. The lowest BCUT2D eigenvalue weighted by molar-refractivity contribution is 0.0599. The molecule has 0 atom stereocenters. The van der Waals surface area contributed by atoms with Crippen molar-refractivity contribution in [3.05, 3.63) is 56.3 Å². The fourth-order valence-electron chi connectivity index (χ4n) is 2.40. The minimum atomic E-state index is -0.491. The van der Waals surface area contributed by atoms with Crippen LogP contribution in [-0.4, -0.2) is 23.8 Å². The van der Waals surface area contributed by atoms with Gasteiger partial charge in [-0.1, -0.05) is 23.2 Å². The number of methoxy groups -OCH3 is 1. The Morgan fingerprint density at radius 3 is 2.55 bits per heavy atom. The Hall–Kier alpha value is -1.78. The lowest BCUT2D eigenvalue weighted by atomic mass is 9.99. The maximum Gasteiger partial charge on any atom is 0.339 e. The minimum absolute atomic E-state index is 0.161. The summed E-state index contributed by atoms with van der Waals surface area (Å²) in [5, 5.41) is 1.06. The first-order valence-corrected chi connectivity index (χ1v) is 7.35. The van der Waals surface area contributed by atoms with Gasteiger partial charge in [-0.3, -0.25) is 4.79 Å². The molecule has 2 rings (SSSR count). The third kappa shape index (κ3) is 3.18. The zero-order chi connectivity index (χ0) is 16.4. The number of benzene rings is 1. The molecule has 22 heavy (non-hydrogen) atoms. The third-order valence-corrected chi connectivity index (χ3v) is 4.01. The number of aryl methyl sites for hydroxylation is 1. The molecule has 1 aromatic heterocycles. The first kappa shape index (κ1) is 16.6. The van der Waals surface area contributed by atoms with Crippen LogP contribution in [0.5, 0.6) is 0 Å². The van der Waals surface area contributed by atoms with Crippen molar-refractivity contribution in [3.8, 4) is 0 Å². The van der Waals surface area contributed by atoms with E-state index in [9.17, 15) is 9.59 Å². The quantitative estimate of drug-likeness (QED) is 0.670. The number of ether oxygens (including phenoxy) is 1. The normalized spacial score (nSPS) is 10.6. The number of carbonyl (C=O) groups is 2. The van der Waals surface area contributed by atoms with Gasteiger partial charge in [-0.15, -0.1) is 0 Å². The van der Waals surface area contributed by atoms with Gasteiger partial charge in [0, 0.05) is 29.1 Å². The third-order valence-electron chi connectivity index (χ3n) is 3.41. The number of halogens is 2. The van der Waals surface area contributed by atoms with E-state index in [0.29, 0.717) is 39.0 Å². The number of esters is 1. The Morgan fingerprint density at radius 2 is 1.95 bits per heavy atom. The second-order valence-electron chi connectivity index (χ2n) is 4.94.